The average molecular weight is 170 g/mol. The zero-order valence-electron chi connectivity index (χ0n) is 5.78. The van der Waals surface area contributed by atoms with Crippen LogP contribution in [0.3, 0.4) is 0 Å². The molecule has 0 fully saturated rings. The highest BCUT2D eigenvalue weighted by molar-refractivity contribution is 7.73. The van der Waals surface area contributed by atoms with Gasteiger partial charge in [-0.2, -0.15) is 0 Å². The first-order valence-electron chi connectivity index (χ1n) is 3.02. The van der Waals surface area contributed by atoms with Crippen LogP contribution in [0.2, 0.25) is 0 Å². The van der Waals surface area contributed by atoms with Crippen LogP contribution in [0.1, 0.15) is 5.56 Å². The highest BCUT2D eigenvalue weighted by Gasteiger charge is 1.93. The maximum absolute atomic E-state index is 10.2. The van der Waals surface area contributed by atoms with Crippen LogP contribution in [0.5, 0.6) is 0 Å². The number of thiol groups is 1. The molecule has 0 aliphatic rings. The van der Waals surface area contributed by atoms with Gasteiger partial charge in [-0.05, 0) is 18.6 Å². The molecule has 11 heavy (non-hydrogen) atoms. The highest BCUT2D eigenvalue weighted by Crippen LogP contribution is 2.12. The van der Waals surface area contributed by atoms with Crippen molar-refractivity contribution in [2.45, 2.75) is 0 Å². The summed E-state index contributed by atoms with van der Waals surface area (Å²) in [6, 6.07) is 6.94. The maximum Gasteiger partial charge on any atom is 0.222 e. The quantitative estimate of drug-likeness (QED) is 0.645. The summed E-state index contributed by atoms with van der Waals surface area (Å²) < 4.78 is 22.7. The molecule has 1 rings (SSSR count). The Hall–Kier alpha value is -1.03. The molecule has 59 valence electrons. The van der Waals surface area contributed by atoms with Crippen molar-refractivity contribution in [2.24, 2.45) is 0 Å². The number of para-hydroxylation sites is 1. The minimum absolute atomic E-state index is 0.531. The molecule has 0 aliphatic carbocycles. The van der Waals surface area contributed by atoms with E-state index < -0.39 is 10.9 Å². The third kappa shape index (κ3) is 2.23. The Morgan fingerprint density at radius 2 is 1.91 bits per heavy atom. The maximum atomic E-state index is 10.2. The van der Waals surface area contributed by atoms with E-state index in [2.05, 4.69) is 11.6 Å². The van der Waals surface area contributed by atoms with Crippen LogP contribution in [0.25, 0.3) is 0 Å². The minimum Gasteiger partial charge on any atom is -0.285 e. The molecule has 3 nitrogen and oxygen atoms in total. The number of hydrogen-bond acceptors (Lipinski definition) is 2. The van der Waals surface area contributed by atoms with E-state index in [-0.39, 0.29) is 0 Å². The van der Waals surface area contributed by atoms with Crippen molar-refractivity contribution in [3.8, 4) is 0 Å². The van der Waals surface area contributed by atoms with Gasteiger partial charge < -0.3 is 0 Å². The van der Waals surface area contributed by atoms with Gasteiger partial charge in [0.1, 0.15) is 0 Å². The van der Waals surface area contributed by atoms with Crippen LogP contribution in [-0.4, -0.2) is 8.42 Å². The fourth-order valence-corrected chi connectivity index (χ4v) is 1.14. The molecule has 0 unspecified atom stereocenters. The second kappa shape index (κ2) is 3.39. The van der Waals surface area contributed by atoms with E-state index in [4.69, 9.17) is 0 Å². The number of hydrogen-bond donors (Lipinski definition) is 2. The summed E-state index contributed by atoms with van der Waals surface area (Å²) >= 11 is 0. The lowest BCUT2D eigenvalue weighted by Gasteiger charge is -2.00. The van der Waals surface area contributed by atoms with Gasteiger partial charge >= 0.3 is 0 Å². The Bertz CT molecular complexity index is 312. The fraction of sp³-hybridized carbons (Fsp3) is 0. The number of anilines is 1. The largest absolute Gasteiger partial charge is 0.285 e. The lowest BCUT2D eigenvalue weighted by atomic mass is 10.2. The SMILES string of the molecule is [CH2]c1ccccc1N[SH](=O)=O. The third-order valence-electron chi connectivity index (χ3n) is 1.23. The molecule has 0 saturated heterocycles. The van der Waals surface area contributed by atoms with Gasteiger partial charge in [-0.25, -0.2) is 8.42 Å². The van der Waals surface area contributed by atoms with Gasteiger partial charge in [-0.1, -0.05) is 18.2 Å². The number of rotatable bonds is 2. The Labute approximate surface area is 67.1 Å². The van der Waals surface area contributed by atoms with Gasteiger partial charge in [0.2, 0.25) is 10.9 Å². The second-order valence-corrected chi connectivity index (χ2v) is 2.76. The first-order valence-corrected chi connectivity index (χ1v) is 4.20. The van der Waals surface area contributed by atoms with Gasteiger partial charge in [0.25, 0.3) is 0 Å². The summed E-state index contributed by atoms with van der Waals surface area (Å²) in [7, 11) is -2.58. The summed E-state index contributed by atoms with van der Waals surface area (Å²) in [6.45, 7) is 3.64. The van der Waals surface area contributed by atoms with Gasteiger partial charge in [-0.3, -0.25) is 4.72 Å². The van der Waals surface area contributed by atoms with Gasteiger partial charge in [0.05, 0.1) is 5.69 Å². The Kier molecular flexibility index (Phi) is 2.48. The lowest BCUT2D eigenvalue weighted by molar-refractivity contribution is 0.619. The second-order valence-electron chi connectivity index (χ2n) is 2.03. The smallest absolute Gasteiger partial charge is 0.222 e. The van der Waals surface area contributed by atoms with E-state index in [1.807, 2.05) is 0 Å². The normalized spacial score (nSPS) is 10.0. The molecule has 0 amide bonds. The van der Waals surface area contributed by atoms with Gasteiger partial charge in [0.15, 0.2) is 0 Å². The van der Waals surface area contributed by atoms with E-state index in [9.17, 15) is 8.42 Å². The molecular weight excluding hydrogens is 162 g/mol. The summed E-state index contributed by atoms with van der Waals surface area (Å²) in [5.41, 5.74) is 1.20. The lowest BCUT2D eigenvalue weighted by Crippen LogP contribution is -1.96. The molecule has 1 aromatic rings. The van der Waals surface area contributed by atoms with Crippen molar-refractivity contribution < 1.29 is 8.42 Å². The molecule has 0 heterocycles. The third-order valence-corrected chi connectivity index (χ3v) is 1.65. The van der Waals surface area contributed by atoms with Gasteiger partial charge in [-0.15, -0.1) is 0 Å². The Balaban J connectivity index is 2.94. The molecule has 0 aliphatic heterocycles. The summed E-state index contributed by atoms with van der Waals surface area (Å²) in [6.07, 6.45) is 0. The van der Waals surface area contributed by atoms with Crippen molar-refractivity contribution >= 4 is 16.6 Å². The van der Waals surface area contributed by atoms with E-state index in [0.717, 1.165) is 0 Å². The molecule has 1 radical (unpaired) electrons. The standard InChI is InChI=1S/C7H8NO2S/c1-6-4-2-3-5-7(6)8-11(9)10/h2-5,11H,1H2,(H,8,9,10). The molecule has 1 N–H and O–H groups in total. The topological polar surface area (TPSA) is 46.2 Å². The number of nitrogens with one attached hydrogen (secondary N) is 1. The molecule has 1 aromatic carbocycles. The molecular formula is C7H8NO2S. The zero-order valence-corrected chi connectivity index (χ0v) is 6.67. The average Bonchev–Trinajstić information content (AvgIpc) is 1.93. The zero-order chi connectivity index (χ0) is 8.27. The Morgan fingerprint density at radius 3 is 2.45 bits per heavy atom. The van der Waals surface area contributed by atoms with Crippen molar-refractivity contribution in [1.82, 2.24) is 0 Å². The minimum atomic E-state index is -2.58. The monoisotopic (exact) mass is 170 g/mol. The van der Waals surface area contributed by atoms with E-state index in [0.29, 0.717) is 11.3 Å². The predicted octanol–water partition coefficient (Wildman–Crippen LogP) is 0.807. The van der Waals surface area contributed by atoms with Crippen LogP contribution in [0.4, 0.5) is 5.69 Å². The van der Waals surface area contributed by atoms with Crippen molar-refractivity contribution in [3.63, 3.8) is 0 Å². The van der Waals surface area contributed by atoms with Crippen LogP contribution < -0.4 is 4.72 Å². The molecule has 4 heteroatoms. The number of benzene rings is 1. The van der Waals surface area contributed by atoms with Crippen LogP contribution in [0.15, 0.2) is 24.3 Å². The fourth-order valence-electron chi connectivity index (χ4n) is 0.728. The van der Waals surface area contributed by atoms with Crippen molar-refractivity contribution in [1.29, 1.82) is 0 Å². The first-order chi connectivity index (χ1) is 5.20. The summed E-state index contributed by atoms with van der Waals surface area (Å²) in [5, 5.41) is 0. The molecule has 0 atom stereocenters. The molecule has 0 bridgehead atoms. The van der Waals surface area contributed by atoms with Crippen LogP contribution in [-0.2, 0) is 10.9 Å². The highest BCUT2D eigenvalue weighted by atomic mass is 32.2. The Morgan fingerprint density at radius 1 is 1.27 bits per heavy atom. The molecule has 0 spiro atoms. The van der Waals surface area contributed by atoms with Gasteiger partial charge in [0, 0.05) is 0 Å². The van der Waals surface area contributed by atoms with Crippen LogP contribution in [0, 0.1) is 6.92 Å². The molecule has 0 saturated carbocycles. The van der Waals surface area contributed by atoms with E-state index >= 15 is 0 Å². The van der Waals surface area contributed by atoms with Crippen molar-refractivity contribution in [3.05, 3.63) is 36.8 Å². The van der Waals surface area contributed by atoms with E-state index in [1.54, 1.807) is 24.3 Å². The van der Waals surface area contributed by atoms with Crippen LogP contribution >= 0.6 is 0 Å². The predicted molar refractivity (Wildman–Crippen MR) is 44.8 cm³/mol. The summed E-state index contributed by atoms with van der Waals surface area (Å²) in [4.78, 5) is 0. The van der Waals surface area contributed by atoms with Crippen molar-refractivity contribution in [2.75, 3.05) is 4.72 Å². The first kappa shape index (κ1) is 8.07. The molecule has 0 aromatic heterocycles. The van der Waals surface area contributed by atoms with E-state index in [1.165, 1.54) is 0 Å². The summed E-state index contributed by atoms with van der Waals surface area (Å²) in [5.74, 6) is 0.